The molecule has 0 fully saturated rings. The van der Waals surface area contributed by atoms with Crippen LogP contribution in [-0.2, 0) is 0 Å². The van der Waals surface area contributed by atoms with Crippen LogP contribution in [-0.4, -0.2) is 23.2 Å². The van der Waals surface area contributed by atoms with E-state index < -0.39 is 0 Å². The first-order valence-corrected chi connectivity index (χ1v) is 2.34. The average Bonchev–Trinajstić information content (AvgIpc) is 2.19. The number of hydrogen-bond acceptors (Lipinski definition) is 2. The largest absolute Gasteiger partial charge is 0.351 e. The van der Waals surface area contributed by atoms with Crippen molar-refractivity contribution in [2.24, 2.45) is 4.99 Å². The van der Waals surface area contributed by atoms with Gasteiger partial charge in [-0.05, 0) is 0 Å². The summed E-state index contributed by atoms with van der Waals surface area (Å²) in [5.41, 5.74) is 0.868. The molecule has 1 heterocycles. The molecule has 3 heteroatoms. The van der Waals surface area contributed by atoms with Gasteiger partial charge in [-0.2, -0.15) is 0 Å². The number of nitrogens with zero attached hydrogens (tertiary/aromatic N) is 2. The molecule has 0 amide bonds. The third-order valence-electron chi connectivity index (χ3n) is 0.781. The van der Waals surface area contributed by atoms with Crippen molar-refractivity contribution in [1.29, 1.82) is 0 Å². The van der Waals surface area contributed by atoms with Crippen LogP contribution in [0.15, 0.2) is 17.5 Å². The Bertz CT molecular complexity index is 164. The number of hydrogen-bond donors (Lipinski definition) is 1. The maximum Gasteiger partial charge on any atom is 0.0985 e. The van der Waals surface area contributed by atoms with Crippen LogP contribution in [0.4, 0.5) is 0 Å². The minimum Gasteiger partial charge on any atom is -0.351 e. The van der Waals surface area contributed by atoms with Gasteiger partial charge in [0.25, 0.3) is 0 Å². The summed E-state index contributed by atoms with van der Waals surface area (Å²) in [6, 6.07) is 0. The van der Waals surface area contributed by atoms with Gasteiger partial charge in [0.1, 0.15) is 0 Å². The number of aromatic amines is 1. The van der Waals surface area contributed by atoms with Crippen LogP contribution in [0.25, 0.3) is 0 Å². The van der Waals surface area contributed by atoms with Gasteiger partial charge in [0.05, 0.1) is 12.0 Å². The van der Waals surface area contributed by atoms with E-state index in [0.717, 1.165) is 5.69 Å². The summed E-state index contributed by atoms with van der Waals surface area (Å²) in [5.74, 6) is 0. The van der Waals surface area contributed by atoms with E-state index in [9.17, 15) is 0 Å². The molecule has 3 nitrogen and oxygen atoms in total. The van der Waals surface area contributed by atoms with Crippen molar-refractivity contribution in [3.05, 3.63) is 18.2 Å². The Kier molecular flexibility index (Phi) is 1.42. The van der Waals surface area contributed by atoms with Crippen molar-refractivity contribution < 1.29 is 0 Å². The smallest absolute Gasteiger partial charge is 0.0985 e. The lowest BCUT2D eigenvalue weighted by Gasteiger charge is -1.73. The topological polar surface area (TPSA) is 41.0 Å². The van der Waals surface area contributed by atoms with E-state index in [1.165, 1.54) is 0 Å². The van der Waals surface area contributed by atoms with Crippen molar-refractivity contribution in [1.82, 2.24) is 9.97 Å². The quantitative estimate of drug-likeness (QED) is 0.523. The first kappa shape index (κ1) is 5.03. The number of aromatic nitrogens is 2. The molecule has 42 valence electrons. The van der Waals surface area contributed by atoms with Crippen LogP contribution >= 0.6 is 0 Å². The van der Waals surface area contributed by atoms with Gasteiger partial charge in [-0.15, -0.1) is 0 Å². The van der Waals surface area contributed by atoms with Gasteiger partial charge in [-0.25, -0.2) is 4.98 Å². The molecule has 1 rings (SSSR count). The Morgan fingerprint density at radius 3 is 3.25 bits per heavy atom. The molecule has 1 aromatic heterocycles. The number of imidazole rings is 1. The lowest BCUT2D eigenvalue weighted by molar-refractivity contribution is 1.30. The monoisotopic (exact) mass is 109 g/mol. The summed E-state index contributed by atoms with van der Waals surface area (Å²) in [6.45, 7) is 0. The molecule has 8 heavy (non-hydrogen) atoms. The fourth-order valence-electron chi connectivity index (χ4n) is 0.475. The molecule has 0 aromatic carbocycles. The highest BCUT2D eigenvalue weighted by Crippen LogP contribution is 1.82. The average molecular weight is 109 g/mol. The Hall–Kier alpha value is -1.12. The van der Waals surface area contributed by atoms with Crippen molar-refractivity contribution >= 4 is 6.21 Å². The van der Waals surface area contributed by atoms with Crippen LogP contribution in [0.3, 0.4) is 0 Å². The van der Waals surface area contributed by atoms with Crippen molar-refractivity contribution in [3.63, 3.8) is 0 Å². The Morgan fingerprint density at radius 1 is 1.88 bits per heavy atom. The van der Waals surface area contributed by atoms with E-state index in [4.69, 9.17) is 0 Å². The SMILES string of the molecule is C/N=C/c1c[nH]cn1. The molecule has 0 bridgehead atoms. The molecule has 1 aromatic rings. The van der Waals surface area contributed by atoms with Gasteiger partial charge < -0.3 is 4.98 Å². The normalized spacial score (nSPS) is 10.6. The van der Waals surface area contributed by atoms with Crippen LogP contribution < -0.4 is 0 Å². The molecule has 0 aliphatic carbocycles. The lowest BCUT2D eigenvalue weighted by Crippen LogP contribution is -1.75. The standard InChI is InChI=1S/C5H7N3/c1-6-2-5-3-7-4-8-5/h2-4H,1H3,(H,7,8)/b6-2+. The first-order valence-electron chi connectivity index (χ1n) is 2.34. The van der Waals surface area contributed by atoms with E-state index in [2.05, 4.69) is 15.0 Å². The van der Waals surface area contributed by atoms with E-state index in [0.29, 0.717) is 0 Å². The summed E-state index contributed by atoms with van der Waals surface area (Å²) in [4.78, 5) is 10.5. The highest BCUT2D eigenvalue weighted by Gasteiger charge is 1.82. The third kappa shape index (κ3) is 0.932. The van der Waals surface area contributed by atoms with Crippen molar-refractivity contribution in [2.75, 3.05) is 7.05 Å². The Balaban J connectivity index is 2.77. The second-order valence-corrected chi connectivity index (χ2v) is 1.38. The van der Waals surface area contributed by atoms with Gasteiger partial charge in [0.15, 0.2) is 0 Å². The molecule has 0 radical (unpaired) electrons. The number of H-pyrrole nitrogens is 1. The zero-order valence-corrected chi connectivity index (χ0v) is 4.63. The third-order valence-corrected chi connectivity index (χ3v) is 0.781. The van der Waals surface area contributed by atoms with Crippen LogP contribution in [0.2, 0.25) is 0 Å². The molecular formula is C5H7N3. The highest BCUT2D eigenvalue weighted by molar-refractivity contribution is 5.76. The molecule has 0 unspecified atom stereocenters. The molecule has 0 atom stereocenters. The summed E-state index contributed by atoms with van der Waals surface area (Å²) in [5, 5.41) is 0. The minimum absolute atomic E-state index is 0.868. The maximum absolute atomic E-state index is 3.90. The fraction of sp³-hybridized carbons (Fsp3) is 0.200. The highest BCUT2D eigenvalue weighted by atomic mass is 14.9. The fourth-order valence-corrected chi connectivity index (χ4v) is 0.475. The van der Waals surface area contributed by atoms with Crippen LogP contribution in [0.5, 0.6) is 0 Å². The first-order chi connectivity index (χ1) is 3.93. The van der Waals surface area contributed by atoms with E-state index in [1.807, 2.05) is 0 Å². The molecule has 0 aliphatic rings. The molecule has 1 N–H and O–H groups in total. The van der Waals surface area contributed by atoms with E-state index in [1.54, 1.807) is 25.8 Å². The molecule has 0 saturated heterocycles. The van der Waals surface area contributed by atoms with Gasteiger partial charge in [-0.1, -0.05) is 0 Å². The predicted molar refractivity (Wildman–Crippen MR) is 32.1 cm³/mol. The second kappa shape index (κ2) is 2.26. The van der Waals surface area contributed by atoms with Gasteiger partial charge in [-0.3, -0.25) is 4.99 Å². The minimum atomic E-state index is 0.868. The zero-order valence-electron chi connectivity index (χ0n) is 4.63. The maximum atomic E-state index is 3.90. The van der Waals surface area contributed by atoms with E-state index in [-0.39, 0.29) is 0 Å². The van der Waals surface area contributed by atoms with Crippen LogP contribution in [0.1, 0.15) is 5.69 Å². The van der Waals surface area contributed by atoms with Gasteiger partial charge in [0, 0.05) is 19.5 Å². The second-order valence-electron chi connectivity index (χ2n) is 1.38. The number of aliphatic imine (C=N–C) groups is 1. The predicted octanol–water partition coefficient (Wildman–Crippen LogP) is 0.458. The summed E-state index contributed by atoms with van der Waals surface area (Å²) in [7, 11) is 1.72. The number of nitrogens with one attached hydrogen (secondary N) is 1. The van der Waals surface area contributed by atoms with Crippen molar-refractivity contribution in [3.8, 4) is 0 Å². The Morgan fingerprint density at radius 2 is 2.75 bits per heavy atom. The lowest BCUT2D eigenvalue weighted by atomic mass is 10.5. The molecule has 0 saturated carbocycles. The van der Waals surface area contributed by atoms with E-state index >= 15 is 0 Å². The summed E-state index contributed by atoms with van der Waals surface area (Å²) in [6.07, 6.45) is 5.10. The summed E-state index contributed by atoms with van der Waals surface area (Å²) < 4.78 is 0. The van der Waals surface area contributed by atoms with Crippen molar-refractivity contribution in [2.45, 2.75) is 0 Å². The summed E-state index contributed by atoms with van der Waals surface area (Å²) >= 11 is 0. The van der Waals surface area contributed by atoms with Gasteiger partial charge in [0.2, 0.25) is 0 Å². The zero-order chi connectivity index (χ0) is 5.82. The Labute approximate surface area is 47.5 Å². The number of rotatable bonds is 1. The molecule has 0 spiro atoms. The molecule has 0 aliphatic heterocycles. The van der Waals surface area contributed by atoms with Crippen LogP contribution in [0, 0.1) is 0 Å². The van der Waals surface area contributed by atoms with Gasteiger partial charge >= 0.3 is 0 Å². The molecular weight excluding hydrogens is 102 g/mol.